The molecule has 0 atom stereocenters. The van der Waals surface area contributed by atoms with E-state index in [-0.39, 0.29) is 25.0 Å². The van der Waals surface area contributed by atoms with Crippen LogP contribution in [-0.4, -0.2) is 80.4 Å². The van der Waals surface area contributed by atoms with E-state index in [2.05, 4.69) is 135 Å². The van der Waals surface area contributed by atoms with Crippen LogP contribution in [0.3, 0.4) is 0 Å². The number of ether oxygens (including phenoxy) is 1. The van der Waals surface area contributed by atoms with E-state index >= 15 is 0 Å². The molecule has 10 heteroatoms. The molecular formula is C54H56N6O4. The molecule has 0 saturated carbocycles. The standard InChI is InChI=1S/C28H29N3O2.C26H27N3O2/c1-4-31-26-12-10-21(28(32)30-13-15-33-16-14-30)18-25(26)29-27(31)24-8-6-5-7-23(24)22-11-9-19(2)17-20(22)3;1-4-29-24-12-10-19(26(31)27-13-14-30)16-23(24)28-25(29)22-8-6-5-7-21(22)20-11-9-17(2)15-18(20)3/h5-12,17-18H,4,13-16H2,1-3H3;5-12,15-16,30H,4,13-14H2,1-3H3,(H,27,31). The topological polar surface area (TPSA) is 115 Å². The molecule has 9 rings (SSSR count). The third-order valence-corrected chi connectivity index (χ3v) is 12.0. The lowest BCUT2D eigenvalue weighted by molar-refractivity contribution is 0.0303. The monoisotopic (exact) mass is 852 g/mol. The summed E-state index contributed by atoms with van der Waals surface area (Å²) in [5, 5.41) is 11.7. The fourth-order valence-corrected chi connectivity index (χ4v) is 8.86. The molecule has 0 spiro atoms. The van der Waals surface area contributed by atoms with Crippen LogP contribution in [-0.2, 0) is 17.8 Å². The van der Waals surface area contributed by atoms with Crippen LogP contribution in [0.5, 0.6) is 0 Å². The smallest absolute Gasteiger partial charge is 0.254 e. The van der Waals surface area contributed by atoms with Crippen LogP contribution in [0.15, 0.2) is 121 Å². The maximum absolute atomic E-state index is 13.0. The molecule has 0 unspecified atom stereocenters. The van der Waals surface area contributed by atoms with Crippen molar-refractivity contribution < 1.29 is 19.4 Å². The van der Waals surface area contributed by atoms with Gasteiger partial charge in [0.15, 0.2) is 0 Å². The minimum Gasteiger partial charge on any atom is -0.395 e. The molecule has 1 aliphatic rings. The van der Waals surface area contributed by atoms with Gasteiger partial charge in [-0.15, -0.1) is 0 Å². The second-order valence-corrected chi connectivity index (χ2v) is 16.4. The summed E-state index contributed by atoms with van der Waals surface area (Å²) in [5.41, 5.74) is 16.8. The molecule has 2 N–H and O–H groups in total. The Kier molecular flexibility index (Phi) is 13.2. The number of aromatic nitrogens is 4. The summed E-state index contributed by atoms with van der Waals surface area (Å²) in [4.78, 5) is 37.2. The van der Waals surface area contributed by atoms with Crippen LogP contribution < -0.4 is 5.32 Å². The SMILES string of the molecule is CCn1c(-c2ccccc2-c2ccc(C)cc2C)nc2cc(C(=O)N3CCOCC3)ccc21.CCn1c(-c2ccccc2-c2ccc(C)cc2C)nc2cc(C(=O)NCCO)ccc21. The largest absolute Gasteiger partial charge is 0.395 e. The Morgan fingerprint density at radius 2 is 1.06 bits per heavy atom. The Labute approximate surface area is 375 Å². The van der Waals surface area contributed by atoms with Gasteiger partial charge in [0, 0.05) is 55.0 Å². The molecule has 0 bridgehead atoms. The zero-order chi connectivity index (χ0) is 44.9. The molecule has 10 nitrogen and oxygen atoms in total. The van der Waals surface area contributed by atoms with Gasteiger partial charge >= 0.3 is 0 Å². The van der Waals surface area contributed by atoms with Gasteiger partial charge in [-0.25, -0.2) is 9.97 Å². The number of carbonyl (C=O) groups excluding carboxylic acids is 2. The molecule has 326 valence electrons. The Hall–Kier alpha value is -6.88. The van der Waals surface area contributed by atoms with Gasteiger partial charge in [0.2, 0.25) is 0 Å². The highest BCUT2D eigenvalue weighted by atomic mass is 16.5. The average molecular weight is 853 g/mol. The van der Waals surface area contributed by atoms with Crippen molar-refractivity contribution in [2.45, 2.75) is 54.6 Å². The predicted molar refractivity (Wildman–Crippen MR) is 258 cm³/mol. The normalized spacial score (nSPS) is 12.6. The Balaban J connectivity index is 0.000000175. The summed E-state index contributed by atoms with van der Waals surface area (Å²) >= 11 is 0. The first-order valence-corrected chi connectivity index (χ1v) is 22.2. The molecule has 6 aromatic carbocycles. The minimum absolute atomic E-state index is 0.0449. The van der Waals surface area contributed by atoms with Crippen LogP contribution in [0.25, 0.3) is 67.1 Å². The summed E-state index contributed by atoms with van der Waals surface area (Å²) < 4.78 is 9.82. The van der Waals surface area contributed by atoms with E-state index in [9.17, 15) is 9.59 Å². The van der Waals surface area contributed by atoms with E-state index in [0.29, 0.717) is 37.4 Å². The van der Waals surface area contributed by atoms with Gasteiger partial charge in [-0.3, -0.25) is 9.59 Å². The zero-order valence-corrected chi connectivity index (χ0v) is 37.6. The lowest BCUT2D eigenvalue weighted by Crippen LogP contribution is -2.40. The highest BCUT2D eigenvalue weighted by Crippen LogP contribution is 2.37. The van der Waals surface area contributed by atoms with Gasteiger partial charge in [0.1, 0.15) is 11.6 Å². The molecule has 64 heavy (non-hydrogen) atoms. The van der Waals surface area contributed by atoms with Crippen LogP contribution in [0, 0.1) is 27.7 Å². The number of nitrogens with zero attached hydrogens (tertiary/aromatic N) is 5. The summed E-state index contributed by atoms with van der Waals surface area (Å²) in [6.07, 6.45) is 0. The number of morpholine rings is 1. The van der Waals surface area contributed by atoms with Gasteiger partial charge < -0.3 is 29.2 Å². The van der Waals surface area contributed by atoms with Gasteiger partial charge in [0.05, 0.1) is 41.9 Å². The van der Waals surface area contributed by atoms with E-state index in [0.717, 1.165) is 63.5 Å². The van der Waals surface area contributed by atoms with Crippen molar-refractivity contribution >= 4 is 33.9 Å². The van der Waals surface area contributed by atoms with Gasteiger partial charge in [-0.05, 0) is 111 Å². The fourth-order valence-electron chi connectivity index (χ4n) is 8.86. The average Bonchev–Trinajstić information content (AvgIpc) is 3.88. The van der Waals surface area contributed by atoms with Crippen molar-refractivity contribution in [3.8, 4) is 45.0 Å². The molecule has 3 heterocycles. The number of hydrogen-bond acceptors (Lipinski definition) is 6. The van der Waals surface area contributed by atoms with Crippen molar-refractivity contribution in [3.05, 3.63) is 155 Å². The maximum Gasteiger partial charge on any atom is 0.254 e. The highest BCUT2D eigenvalue weighted by molar-refractivity contribution is 5.99. The number of hydrogen-bond donors (Lipinski definition) is 2. The van der Waals surface area contributed by atoms with E-state index in [1.54, 1.807) is 0 Å². The van der Waals surface area contributed by atoms with E-state index < -0.39 is 0 Å². The van der Waals surface area contributed by atoms with Crippen LogP contribution in [0.4, 0.5) is 0 Å². The first-order valence-electron chi connectivity index (χ1n) is 22.2. The van der Waals surface area contributed by atoms with Crippen molar-refractivity contribution in [3.63, 3.8) is 0 Å². The molecule has 1 aliphatic heterocycles. The van der Waals surface area contributed by atoms with Crippen LogP contribution in [0.1, 0.15) is 56.8 Å². The maximum atomic E-state index is 13.0. The van der Waals surface area contributed by atoms with E-state index in [1.807, 2.05) is 47.4 Å². The number of aliphatic hydroxyl groups excluding tert-OH is 1. The Morgan fingerprint density at radius 1 is 0.594 bits per heavy atom. The zero-order valence-electron chi connectivity index (χ0n) is 37.6. The number of rotatable bonds is 10. The third kappa shape index (κ3) is 8.84. The molecule has 0 aliphatic carbocycles. The number of fused-ring (bicyclic) bond motifs is 2. The highest BCUT2D eigenvalue weighted by Gasteiger charge is 2.22. The number of nitrogens with one attached hydrogen (secondary N) is 1. The molecular weight excluding hydrogens is 797 g/mol. The number of amides is 2. The summed E-state index contributed by atoms with van der Waals surface area (Å²) in [7, 11) is 0. The number of benzene rings is 6. The Morgan fingerprint density at radius 3 is 1.53 bits per heavy atom. The molecule has 1 saturated heterocycles. The van der Waals surface area contributed by atoms with Crippen molar-refractivity contribution in [2.75, 3.05) is 39.5 Å². The third-order valence-electron chi connectivity index (χ3n) is 12.0. The second kappa shape index (κ2) is 19.2. The lowest BCUT2D eigenvalue weighted by atomic mass is 9.94. The van der Waals surface area contributed by atoms with E-state index in [4.69, 9.17) is 19.8 Å². The number of aryl methyl sites for hydroxylation is 6. The molecule has 2 aromatic heterocycles. The summed E-state index contributed by atoms with van der Waals surface area (Å²) in [6, 6.07) is 41.3. The van der Waals surface area contributed by atoms with Gasteiger partial charge in [-0.1, -0.05) is 96.1 Å². The first-order chi connectivity index (χ1) is 31.1. The molecule has 0 radical (unpaired) electrons. The minimum atomic E-state index is -0.209. The number of aliphatic hydroxyl groups is 1. The van der Waals surface area contributed by atoms with Crippen LogP contribution >= 0.6 is 0 Å². The lowest BCUT2D eigenvalue weighted by Gasteiger charge is -2.26. The fraction of sp³-hybridized carbons (Fsp3) is 0.259. The number of imidazole rings is 2. The van der Waals surface area contributed by atoms with Gasteiger partial charge in [0.25, 0.3) is 11.8 Å². The second-order valence-electron chi connectivity index (χ2n) is 16.4. The van der Waals surface area contributed by atoms with Crippen LogP contribution in [0.2, 0.25) is 0 Å². The first kappa shape index (κ1) is 43.8. The predicted octanol–water partition coefficient (Wildman–Crippen LogP) is 10.2. The van der Waals surface area contributed by atoms with Crippen molar-refractivity contribution in [1.29, 1.82) is 0 Å². The summed E-state index contributed by atoms with van der Waals surface area (Å²) in [5.74, 6) is 1.66. The molecule has 8 aromatic rings. The number of carbonyl (C=O) groups is 2. The quantitative estimate of drug-likeness (QED) is 0.142. The van der Waals surface area contributed by atoms with Crippen molar-refractivity contribution in [2.24, 2.45) is 0 Å². The summed E-state index contributed by atoms with van der Waals surface area (Å²) in [6.45, 7) is 16.9. The molecule has 1 fully saturated rings. The van der Waals surface area contributed by atoms with E-state index in [1.165, 1.54) is 38.9 Å². The Bertz CT molecular complexity index is 2990. The van der Waals surface area contributed by atoms with Crippen molar-refractivity contribution in [1.82, 2.24) is 29.3 Å². The molecule has 2 amide bonds. The van der Waals surface area contributed by atoms with Gasteiger partial charge in [-0.2, -0.15) is 0 Å².